The van der Waals surface area contributed by atoms with E-state index in [1.165, 1.54) is 14.2 Å². The van der Waals surface area contributed by atoms with Crippen LogP contribution in [0.2, 0.25) is 0 Å². The van der Waals surface area contributed by atoms with Crippen LogP contribution in [0.25, 0.3) is 10.4 Å². The van der Waals surface area contributed by atoms with E-state index in [4.69, 9.17) is 15.0 Å². The number of hydrogen-bond donors (Lipinski definition) is 0. The third kappa shape index (κ3) is 3.20. The Kier molecular flexibility index (Phi) is 4.90. The maximum absolute atomic E-state index is 12.6. The van der Waals surface area contributed by atoms with Crippen LogP contribution >= 0.6 is 0 Å². The second-order valence-corrected chi connectivity index (χ2v) is 4.77. The number of nitrogens with zero attached hydrogens (tertiary/aromatic N) is 4. The first kappa shape index (κ1) is 15.0. The largest absolute Gasteiger partial charge is 0.493 e. The van der Waals surface area contributed by atoms with Crippen molar-refractivity contribution in [3.8, 4) is 11.5 Å². The fourth-order valence-corrected chi connectivity index (χ4v) is 2.48. The van der Waals surface area contributed by atoms with E-state index in [1.54, 1.807) is 23.1 Å². The van der Waals surface area contributed by atoms with Gasteiger partial charge in [-0.05, 0) is 30.5 Å². The number of ether oxygens (including phenoxy) is 2. The lowest BCUT2D eigenvalue weighted by Crippen LogP contribution is -2.39. The van der Waals surface area contributed by atoms with E-state index < -0.39 is 0 Å². The molecule has 1 aliphatic heterocycles. The summed E-state index contributed by atoms with van der Waals surface area (Å²) in [5.74, 6) is 0.889. The smallest absolute Gasteiger partial charge is 0.257 e. The predicted octanol–water partition coefficient (Wildman–Crippen LogP) is 2.62. The summed E-state index contributed by atoms with van der Waals surface area (Å²) in [7, 11) is 3.06. The van der Waals surface area contributed by atoms with Gasteiger partial charge < -0.3 is 14.4 Å². The Morgan fingerprint density at radius 3 is 2.62 bits per heavy atom. The van der Waals surface area contributed by atoms with Gasteiger partial charge in [0.1, 0.15) is 0 Å². The molecule has 7 heteroatoms. The van der Waals surface area contributed by atoms with Gasteiger partial charge >= 0.3 is 0 Å². The van der Waals surface area contributed by atoms with Gasteiger partial charge in [0, 0.05) is 24.0 Å². The molecule has 21 heavy (non-hydrogen) atoms. The van der Waals surface area contributed by atoms with Crippen molar-refractivity contribution < 1.29 is 14.3 Å². The van der Waals surface area contributed by atoms with Crippen molar-refractivity contribution in [2.24, 2.45) is 5.11 Å². The number of methoxy groups -OCH3 is 2. The van der Waals surface area contributed by atoms with E-state index in [1.807, 2.05) is 0 Å². The van der Waals surface area contributed by atoms with Crippen LogP contribution in [-0.4, -0.2) is 44.2 Å². The highest BCUT2D eigenvalue weighted by Crippen LogP contribution is 2.32. The summed E-state index contributed by atoms with van der Waals surface area (Å²) in [4.78, 5) is 17.2. The van der Waals surface area contributed by atoms with E-state index in [-0.39, 0.29) is 11.9 Å². The molecule has 0 aliphatic carbocycles. The minimum atomic E-state index is -0.0925. The van der Waals surface area contributed by atoms with Crippen molar-refractivity contribution in [1.82, 2.24) is 4.90 Å². The Morgan fingerprint density at radius 1 is 1.33 bits per heavy atom. The lowest BCUT2D eigenvalue weighted by molar-refractivity contribution is 0.0710. The fraction of sp³-hybridized carbons (Fsp3) is 0.500. The number of rotatable bonds is 4. The van der Waals surface area contributed by atoms with Crippen LogP contribution in [0.4, 0.5) is 0 Å². The second kappa shape index (κ2) is 6.85. The number of amides is 1. The predicted molar refractivity (Wildman–Crippen MR) is 77.6 cm³/mol. The Morgan fingerprint density at radius 2 is 2.05 bits per heavy atom. The monoisotopic (exact) mass is 290 g/mol. The number of carbonyl (C=O) groups excluding carboxylic acids is 1. The summed E-state index contributed by atoms with van der Waals surface area (Å²) in [5.41, 5.74) is 8.93. The van der Waals surface area contributed by atoms with E-state index in [9.17, 15) is 4.79 Å². The molecule has 1 aliphatic rings. The highest BCUT2D eigenvalue weighted by molar-refractivity contribution is 5.97. The molecule has 1 heterocycles. The molecular weight excluding hydrogens is 272 g/mol. The number of likely N-dealkylation sites (tertiary alicyclic amines) is 1. The van der Waals surface area contributed by atoms with Crippen molar-refractivity contribution in [2.75, 3.05) is 27.3 Å². The van der Waals surface area contributed by atoms with E-state index in [0.29, 0.717) is 43.0 Å². The molecule has 112 valence electrons. The van der Waals surface area contributed by atoms with Crippen molar-refractivity contribution in [2.45, 2.75) is 18.9 Å². The van der Waals surface area contributed by atoms with Crippen LogP contribution in [-0.2, 0) is 0 Å². The second-order valence-electron chi connectivity index (χ2n) is 4.77. The Labute approximate surface area is 123 Å². The third-order valence-electron chi connectivity index (χ3n) is 3.60. The van der Waals surface area contributed by atoms with Crippen LogP contribution in [0.5, 0.6) is 11.5 Å². The number of para-hydroxylation sites is 1. The first-order valence-corrected chi connectivity index (χ1v) is 6.75. The number of azide groups is 1. The summed E-state index contributed by atoms with van der Waals surface area (Å²) in [6, 6.07) is 5.22. The Bertz CT molecular complexity index is 561. The maximum Gasteiger partial charge on any atom is 0.257 e. The molecule has 1 amide bonds. The summed E-state index contributed by atoms with van der Waals surface area (Å²) in [5, 5.41) is 3.71. The molecule has 0 saturated carbocycles. The Balaban J connectivity index is 2.16. The molecule has 0 N–H and O–H groups in total. The number of carbonyl (C=O) groups is 1. The molecule has 0 radical (unpaired) electrons. The molecule has 1 saturated heterocycles. The zero-order valence-corrected chi connectivity index (χ0v) is 12.2. The Hall–Kier alpha value is -2.40. The maximum atomic E-state index is 12.6. The minimum absolute atomic E-state index is 0.0220. The van der Waals surface area contributed by atoms with Crippen LogP contribution in [0.15, 0.2) is 23.3 Å². The van der Waals surface area contributed by atoms with Gasteiger partial charge in [0.15, 0.2) is 11.5 Å². The number of hydrogen-bond acceptors (Lipinski definition) is 4. The molecule has 1 aromatic carbocycles. The van der Waals surface area contributed by atoms with Crippen molar-refractivity contribution >= 4 is 5.91 Å². The summed E-state index contributed by atoms with van der Waals surface area (Å²) in [6.45, 7) is 1.14. The van der Waals surface area contributed by atoms with Crippen LogP contribution < -0.4 is 9.47 Å². The molecule has 0 unspecified atom stereocenters. The first-order valence-electron chi connectivity index (χ1n) is 6.75. The zero-order chi connectivity index (χ0) is 15.2. The van der Waals surface area contributed by atoms with Crippen molar-refractivity contribution in [3.63, 3.8) is 0 Å². The molecule has 1 aromatic rings. The van der Waals surface area contributed by atoms with Gasteiger partial charge in [0.2, 0.25) is 0 Å². The minimum Gasteiger partial charge on any atom is -0.493 e. The van der Waals surface area contributed by atoms with Crippen LogP contribution in [0, 0.1) is 0 Å². The highest BCUT2D eigenvalue weighted by Gasteiger charge is 2.26. The standard InChI is InChI=1S/C14H18N4O3/c1-20-12-5-3-4-11(13(12)21-2)14(19)18-8-6-10(7-9-18)16-17-15/h3-5,10H,6-9H2,1-2H3. The van der Waals surface area contributed by atoms with Gasteiger partial charge in [-0.25, -0.2) is 0 Å². The summed E-state index contributed by atoms with van der Waals surface area (Å²) in [6.07, 6.45) is 1.37. The molecular formula is C14H18N4O3. The highest BCUT2D eigenvalue weighted by atomic mass is 16.5. The molecule has 7 nitrogen and oxygen atoms in total. The topological polar surface area (TPSA) is 87.5 Å². The van der Waals surface area contributed by atoms with Gasteiger partial charge in [-0.3, -0.25) is 4.79 Å². The van der Waals surface area contributed by atoms with Gasteiger partial charge in [-0.1, -0.05) is 11.2 Å². The molecule has 2 rings (SSSR count). The zero-order valence-electron chi connectivity index (χ0n) is 12.2. The first-order chi connectivity index (χ1) is 10.2. The van der Waals surface area contributed by atoms with Gasteiger partial charge in [0.05, 0.1) is 19.8 Å². The van der Waals surface area contributed by atoms with Gasteiger partial charge in [0.25, 0.3) is 5.91 Å². The average molecular weight is 290 g/mol. The average Bonchev–Trinajstić information content (AvgIpc) is 2.54. The quantitative estimate of drug-likeness (QED) is 0.485. The van der Waals surface area contributed by atoms with E-state index in [2.05, 4.69) is 10.0 Å². The van der Waals surface area contributed by atoms with Crippen molar-refractivity contribution in [1.29, 1.82) is 0 Å². The normalized spacial score (nSPS) is 15.2. The SMILES string of the molecule is COc1cccc(C(=O)N2CCC(N=[N+]=[N-])CC2)c1OC. The van der Waals surface area contributed by atoms with E-state index >= 15 is 0 Å². The fourth-order valence-electron chi connectivity index (χ4n) is 2.48. The molecule has 0 aromatic heterocycles. The van der Waals surface area contributed by atoms with E-state index in [0.717, 1.165) is 0 Å². The number of benzene rings is 1. The number of piperidine rings is 1. The summed E-state index contributed by atoms with van der Waals surface area (Å²) < 4.78 is 10.5. The molecule has 0 atom stereocenters. The lowest BCUT2D eigenvalue weighted by Gasteiger charge is -2.30. The molecule has 0 bridgehead atoms. The van der Waals surface area contributed by atoms with Crippen LogP contribution in [0.1, 0.15) is 23.2 Å². The summed E-state index contributed by atoms with van der Waals surface area (Å²) >= 11 is 0. The van der Waals surface area contributed by atoms with Gasteiger partial charge in [-0.2, -0.15) is 0 Å². The molecule has 0 spiro atoms. The van der Waals surface area contributed by atoms with Gasteiger partial charge in [-0.15, -0.1) is 0 Å². The van der Waals surface area contributed by atoms with Crippen LogP contribution in [0.3, 0.4) is 0 Å². The lowest BCUT2D eigenvalue weighted by atomic mass is 10.0. The molecule has 1 fully saturated rings. The van der Waals surface area contributed by atoms with Crippen molar-refractivity contribution in [3.05, 3.63) is 34.2 Å². The third-order valence-corrected chi connectivity index (χ3v) is 3.60.